The molecule has 4 nitrogen and oxygen atoms in total. The fourth-order valence-corrected chi connectivity index (χ4v) is 1.76. The number of hydrogen-bond acceptors (Lipinski definition) is 4. The van der Waals surface area contributed by atoms with Gasteiger partial charge in [-0.1, -0.05) is 11.6 Å². The zero-order chi connectivity index (χ0) is 10.8. The topological polar surface area (TPSA) is 47.9 Å². The number of isocyanates is 1. The van der Waals surface area contributed by atoms with Crippen LogP contribution < -0.4 is 9.47 Å². The summed E-state index contributed by atoms with van der Waals surface area (Å²) in [5, 5.41) is 0.476. The second kappa shape index (κ2) is 3.93. The normalized spacial score (nSPS) is 12.4. The Balaban J connectivity index is 2.49. The van der Waals surface area contributed by atoms with Gasteiger partial charge in [-0.25, -0.2) is 9.79 Å². The Kier molecular flexibility index (Phi) is 2.62. The van der Waals surface area contributed by atoms with Crippen molar-refractivity contribution in [2.45, 2.75) is 13.5 Å². The number of benzene rings is 1. The molecule has 1 aromatic carbocycles. The Hall–Kier alpha value is -1.51. The van der Waals surface area contributed by atoms with Gasteiger partial charge in [-0.05, 0) is 18.6 Å². The van der Waals surface area contributed by atoms with Crippen LogP contribution in [0.5, 0.6) is 11.5 Å². The molecule has 1 aliphatic rings. The van der Waals surface area contributed by atoms with Gasteiger partial charge < -0.3 is 9.47 Å². The number of nitrogens with zero attached hydrogens (tertiary/aromatic N) is 1. The molecule has 0 aliphatic carbocycles. The van der Waals surface area contributed by atoms with Crippen molar-refractivity contribution in [1.82, 2.24) is 0 Å². The second-order valence-electron chi connectivity index (χ2n) is 3.11. The first-order valence-electron chi connectivity index (χ1n) is 4.35. The molecule has 2 rings (SSSR count). The van der Waals surface area contributed by atoms with E-state index in [1.807, 2.05) is 6.92 Å². The lowest BCUT2D eigenvalue weighted by molar-refractivity contribution is 0.173. The van der Waals surface area contributed by atoms with Crippen LogP contribution >= 0.6 is 11.6 Å². The van der Waals surface area contributed by atoms with E-state index in [4.69, 9.17) is 21.1 Å². The molecule has 0 N–H and O–H groups in total. The van der Waals surface area contributed by atoms with Crippen LogP contribution in [0.2, 0.25) is 5.02 Å². The predicted octanol–water partition coefficient (Wildman–Crippen LogP) is 2.21. The molecule has 0 saturated heterocycles. The van der Waals surface area contributed by atoms with E-state index in [2.05, 4.69) is 4.99 Å². The van der Waals surface area contributed by atoms with Crippen LogP contribution in [-0.4, -0.2) is 12.9 Å². The van der Waals surface area contributed by atoms with E-state index in [1.165, 1.54) is 6.08 Å². The summed E-state index contributed by atoms with van der Waals surface area (Å²) in [6, 6.07) is 1.73. The fraction of sp³-hybridized carbons (Fsp3) is 0.300. The summed E-state index contributed by atoms with van der Waals surface area (Å²) in [7, 11) is 0. The molecule has 0 atom stereocenters. The molecule has 0 bridgehead atoms. The molecule has 0 radical (unpaired) electrons. The molecule has 15 heavy (non-hydrogen) atoms. The predicted molar refractivity (Wildman–Crippen MR) is 54.1 cm³/mol. The third-order valence-corrected chi connectivity index (χ3v) is 2.55. The Morgan fingerprint density at radius 3 is 3.00 bits per heavy atom. The van der Waals surface area contributed by atoms with Gasteiger partial charge in [0.05, 0.1) is 11.6 Å². The maximum Gasteiger partial charge on any atom is 0.235 e. The lowest BCUT2D eigenvalue weighted by atomic mass is 10.1. The largest absolute Gasteiger partial charge is 0.453 e. The quantitative estimate of drug-likeness (QED) is 0.573. The van der Waals surface area contributed by atoms with Crippen molar-refractivity contribution in [3.8, 4) is 11.5 Å². The maximum absolute atomic E-state index is 10.0. The summed E-state index contributed by atoms with van der Waals surface area (Å²) >= 11 is 5.98. The number of carbonyl (C=O) groups excluding carboxylic acids is 1. The molecule has 5 heteroatoms. The number of rotatable bonds is 2. The van der Waals surface area contributed by atoms with Gasteiger partial charge in [-0.15, -0.1) is 0 Å². The van der Waals surface area contributed by atoms with Crippen LogP contribution in [0.1, 0.15) is 11.1 Å². The number of ether oxygens (including phenoxy) is 2. The molecule has 0 aromatic heterocycles. The fourth-order valence-electron chi connectivity index (χ4n) is 1.49. The van der Waals surface area contributed by atoms with E-state index < -0.39 is 0 Å². The van der Waals surface area contributed by atoms with Crippen molar-refractivity contribution in [2.24, 2.45) is 4.99 Å². The van der Waals surface area contributed by atoms with Crippen LogP contribution in [0.3, 0.4) is 0 Å². The molecule has 0 spiro atoms. The third kappa shape index (κ3) is 1.69. The summed E-state index contributed by atoms with van der Waals surface area (Å²) in [6.45, 7) is 2.31. The first-order valence-corrected chi connectivity index (χ1v) is 4.73. The van der Waals surface area contributed by atoms with E-state index in [9.17, 15) is 4.79 Å². The lowest BCUT2D eigenvalue weighted by Gasteiger charge is -2.07. The first-order chi connectivity index (χ1) is 7.24. The van der Waals surface area contributed by atoms with Gasteiger partial charge in [-0.3, -0.25) is 0 Å². The zero-order valence-electron chi connectivity index (χ0n) is 8.04. The highest BCUT2D eigenvalue weighted by molar-refractivity contribution is 6.32. The van der Waals surface area contributed by atoms with Crippen molar-refractivity contribution in [3.63, 3.8) is 0 Å². The molecule has 1 heterocycles. The Morgan fingerprint density at radius 1 is 1.53 bits per heavy atom. The van der Waals surface area contributed by atoms with Crippen LogP contribution in [-0.2, 0) is 11.3 Å². The van der Waals surface area contributed by atoms with Gasteiger partial charge >= 0.3 is 0 Å². The van der Waals surface area contributed by atoms with Crippen LogP contribution in [0.15, 0.2) is 11.1 Å². The summed E-state index contributed by atoms with van der Waals surface area (Å²) in [4.78, 5) is 13.5. The molecular weight excluding hydrogens is 218 g/mol. The monoisotopic (exact) mass is 225 g/mol. The van der Waals surface area contributed by atoms with E-state index >= 15 is 0 Å². The van der Waals surface area contributed by atoms with Crippen LogP contribution in [0, 0.1) is 6.92 Å². The minimum Gasteiger partial charge on any atom is -0.453 e. The molecule has 0 saturated carbocycles. The molecule has 1 aliphatic heterocycles. The van der Waals surface area contributed by atoms with Crippen molar-refractivity contribution >= 4 is 17.7 Å². The van der Waals surface area contributed by atoms with Gasteiger partial charge in [0.25, 0.3) is 0 Å². The smallest absolute Gasteiger partial charge is 0.235 e. The number of halogens is 1. The molecule has 78 valence electrons. The van der Waals surface area contributed by atoms with Crippen LogP contribution in [0.25, 0.3) is 0 Å². The first kappa shape index (κ1) is 10.0. The molecule has 0 amide bonds. The minimum absolute atomic E-state index is 0.177. The molecule has 0 unspecified atom stereocenters. The van der Waals surface area contributed by atoms with E-state index in [1.54, 1.807) is 6.07 Å². The van der Waals surface area contributed by atoms with Gasteiger partial charge in [0.1, 0.15) is 0 Å². The molecule has 0 fully saturated rings. The van der Waals surface area contributed by atoms with Crippen molar-refractivity contribution < 1.29 is 14.3 Å². The average molecular weight is 226 g/mol. The third-order valence-electron chi connectivity index (χ3n) is 2.27. The Bertz CT molecular complexity index is 452. The Labute approximate surface area is 91.5 Å². The summed E-state index contributed by atoms with van der Waals surface area (Å²) in [5.41, 5.74) is 1.73. The molecule has 1 aromatic rings. The highest BCUT2D eigenvalue weighted by Gasteiger charge is 2.21. The SMILES string of the molecule is Cc1c(CN=C=O)cc(Cl)c2c1OCO2. The second-order valence-corrected chi connectivity index (χ2v) is 3.52. The number of hydrogen-bond donors (Lipinski definition) is 0. The van der Waals surface area contributed by atoms with Crippen molar-refractivity contribution in [1.29, 1.82) is 0 Å². The average Bonchev–Trinajstić information content (AvgIpc) is 2.70. The van der Waals surface area contributed by atoms with Crippen molar-refractivity contribution in [2.75, 3.05) is 6.79 Å². The van der Waals surface area contributed by atoms with E-state index in [0.717, 1.165) is 11.1 Å². The Morgan fingerprint density at radius 2 is 2.27 bits per heavy atom. The summed E-state index contributed by atoms with van der Waals surface area (Å²) in [6.07, 6.45) is 1.49. The van der Waals surface area contributed by atoms with E-state index in [0.29, 0.717) is 16.5 Å². The highest BCUT2D eigenvalue weighted by Crippen LogP contribution is 2.43. The maximum atomic E-state index is 10.0. The van der Waals surface area contributed by atoms with E-state index in [-0.39, 0.29) is 13.3 Å². The standard InChI is InChI=1S/C10H8ClNO3/c1-6-7(3-12-4-13)2-8(11)10-9(6)14-5-15-10/h2H,3,5H2,1H3. The summed E-state index contributed by atoms with van der Waals surface area (Å²) in [5.74, 6) is 1.20. The number of fused-ring (bicyclic) bond motifs is 1. The number of aliphatic imine (C=N–C) groups is 1. The van der Waals surface area contributed by atoms with Gasteiger partial charge in [0.2, 0.25) is 12.9 Å². The van der Waals surface area contributed by atoms with Gasteiger partial charge in [0.15, 0.2) is 11.5 Å². The van der Waals surface area contributed by atoms with Gasteiger partial charge in [-0.2, -0.15) is 0 Å². The molecular formula is C10H8ClNO3. The van der Waals surface area contributed by atoms with Crippen LogP contribution in [0.4, 0.5) is 0 Å². The lowest BCUT2D eigenvalue weighted by Crippen LogP contribution is -1.94. The minimum atomic E-state index is 0.177. The highest BCUT2D eigenvalue weighted by atomic mass is 35.5. The van der Waals surface area contributed by atoms with Crippen molar-refractivity contribution in [3.05, 3.63) is 22.2 Å². The van der Waals surface area contributed by atoms with Gasteiger partial charge in [0, 0.05) is 5.56 Å². The summed E-state index contributed by atoms with van der Waals surface area (Å²) < 4.78 is 10.5. The zero-order valence-corrected chi connectivity index (χ0v) is 8.80.